The van der Waals surface area contributed by atoms with Crippen LogP contribution in [0.2, 0.25) is 0 Å². The summed E-state index contributed by atoms with van der Waals surface area (Å²) >= 11 is 2.04. The lowest BCUT2D eigenvalue weighted by atomic mass is 9.94. The van der Waals surface area contributed by atoms with Crippen molar-refractivity contribution in [3.63, 3.8) is 0 Å². The van der Waals surface area contributed by atoms with E-state index < -0.39 is 0 Å². The Morgan fingerprint density at radius 1 is 1.33 bits per heavy atom. The van der Waals surface area contributed by atoms with Gasteiger partial charge in [-0.05, 0) is 31.7 Å². The van der Waals surface area contributed by atoms with E-state index in [-0.39, 0.29) is 0 Å². The van der Waals surface area contributed by atoms with Crippen molar-refractivity contribution in [2.45, 2.75) is 44.8 Å². The molecule has 1 aliphatic rings. The summed E-state index contributed by atoms with van der Waals surface area (Å²) in [6, 6.07) is 0. The molecule has 0 fully saturated rings. The van der Waals surface area contributed by atoms with Crippen LogP contribution in [0.15, 0.2) is 12.2 Å². The molecule has 1 atom stereocenters. The van der Waals surface area contributed by atoms with Crippen LogP contribution < -0.4 is 5.32 Å². The summed E-state index contributed by atoms with van der Waals surface area (Å²) in [5, 5.41) is 3.57. The predicted octanol–water partition coefficient (Wildman–Crippen LogP) is 3.46. The lowest BCUT2D eigenvalue weighted by molar-refractivity contribution is 0.447. The van der Waals surface area contributed by atoms with Gasteiger partial charge in [0, 0.05) is 17.0 Å². The Labute approximate surface area is 99.1 Å². The van der Waals surface area contributed by atoms with Crippen molar-refractivity contribution < 1.29 is 0 Å². The molecular formula is C13H25NS. The highest BCUT2D eigenvalue weighted by atomic mass is 32.2. The van der Waals surface area contributed by atoms with Crippen LogP contribution in [0.25, 0.3) is 0 Å². The van der Waals surface area contributed by atoms with E-state index in [1.165, 1.54) is 31.6 Å². The van der Waals surface area contributed by atoms with Crippen molar-refractivity contribution in [1.29, 1.82) is 0 Å². The van der Waals surface area contributed by atoms with Crippen molar-refractivity contribution in [3.8, 4) is 0 Å². The van der Waals surface area contributed by atoms with Gasteiger partial charge in [0.05, 0.1) is 0 Å². The molecule has 1 N–H and O–H groups in total. The van der Waals surface area contributed by atoms with Gasteiger partial charge >= 0.3 is 0 Å². The molecular weight excluding hydrogens is 202 g/mol. The van der Waals surface area contributed by atoms with Gasteiger partial charge in [-0.2, -0.15) is 11.8 Å². The van der Waals surface area contributed by atoms with Crippen molar-refractivity contribution in [2.24, 2.45) is 5.92 Å². The lowest BCUT2D eigenvalue weighted by Gasteiger charge is -2.20. The molecule has 0 aliphatic heterocycles. The second-order valence-corrected chi connectivity index (χ2v) is 7.24. The topological polar surface area (TPSA) is 12.0 Å². The zero-order valence-electron chi connectivity index (χ0n) is 10.4. The number of rotatable bonds is 5. The average molecular weight is 227 g/mol. The van der Waals surface area contributed by atoms with Crippen LogP contribution in [-0.2, 0) is 0 Å². The summed E-state index contributed by atoms with van der Waals surface area (Å²) in [6.07, 6.45) is 8.57. The fraction of sp³-hybridized carbons (Fsp3) is 0.846. The Morgan fingerprint density at radius 2 is 2.13 bits per heavy atom. The summed E-state index contributed by atoms with van der Waals surface area (Å²) in [5.74, 6) is 2.11. The molecule has 0 radical (unpaired) electrons. The zero-order valence-corrected chi connectivity index (χ0v) is 11.2. The monoisotopic (exact) mass is 227 g/mol. The van der Waals surface area contributed by atoms with Gasteiger partial charge in [-0.15, -0.1) is 0 Å². The van der Waals surface area contributed by atoms with E-state index in [9.17, 15) is 0 Å². The Morgan fingerprint density at radius 3 is 2.73 bits per heavy atom. The van der Waals surface area contributed by atoms with E-state index in [1.807, 2.05) is 11.8 Å². The van der Waals surface area contributed by atoms with Gasteiger partial charge in [0.25, 0.3) is 0 Å². The van der Waals surface area contributed by atoms with Gasteiger partial charge in [0.2, 0.25) is 0 Å². The molecule has 1 aliphatic carbocycles. The fourth-order valence-corrected chi connectivity index (χ4v) is 2.64. The van der Waals surface area contributed by atoms with Gasteiger partial charge in [-0.1, -0.05) is 32.9 Å². The molecule has 0 aromatic carbocycles. The Kier molecular flexibility index (Phi) is 5.77. The molecule has 0 bridgehead atoms. The Bertz CT molecular complexity index is 193. The Balaban J connectivity index is 1.95. The minimum absolute atomic E-state index is 0.412. The number of nitrogens with one attached hydrogen (secondary N) is 1. The molecule has 0 aromatic rings. The van der Waals surface area contributed by atoms with Gasteiger partial charge in [0.1, 0.15) is 0 Å². The van der Waals surface area contributed by atoms with Gasteiger partial charge < -0.3 is 5.32 Å². The first-order valence-electron chi connectivity index (χ1n) is 6.07. The van der Waals surface area contributed by atoms with E-state index in [0.29, 0.717) is 4.75 Å². The molecule has 0 spiro atoms. The molecule has 0 heterocycles. The molecule has 1 unspecified atom stereocenters. The number of thioether (sulfide) groups is 1. The third-order valence-corrected chi connectivity index (χ3v) is 3.90. The summed E-state index contributed by atoms with van der Waals surface area (Å²) in [4.78, 5) is 0. The third-order valence-electron chi connectivity index (χ3n) is 2.62. The number of hydrogen-bond acceptors (Lipinski definition) is 2. The number of hydrogen-bond donors (Lipinski definition) is 1. The summed E-state index contributed by atoms with van der Waals surface area (Å²) in [7, 11) is 0. The first kappa shape index (κ1) is 13.1. The van der Waals surface area contributed by atoms with Crippen molar-refractivity contribution in [2.75, 3.05) is 18.8 Å². The van der Waals surface area contributed by atoms with Crippen molar-refractivity contribution in [1.82, 2.24) is 5.32 Å². The molecule has 0 saturated carbocycles. The Hall–Kier alpha value is 0.0500. The molecule has 0 amide bonds. The maximum Gasteiger partial charge on any atom is 0.00755 e. The maximum atomic E-state index is 3.57. The first-order chi connectivity index (χ1) is 7.08. The normalized spacial score (nSPS) is 21.9. The van der Waals surface area contributed by atoms with E-state index in [0.717, 1.165) is 12.5 Å². The van der Waals surface area contributed by atoms with E-state index >= 15 is 0 Å². The maximum absolute atomic E-state index is 3.57. The van der Waals surface area contributed by atoms with Gasteiger partial charge in [-0.25, -0.2) is 0 Å². The van der Waals surface area contributed by atoms with Crippen LogP contribution in [0, 0.1) is 5.92 Å². The summed E-state index contributed by atoms with van der Waals surface area (Å²) in [6.45, 7) is 9.20. The smallest absolute Gasteiger partial charge is 0.00755 e. The van der Waals surface area contributed by atoms with Crippen LogP contribution in [0.1, 0.15) is 40.0 Å². The van der Waals surface area contributed by atoms with Crippen LogP contribution >= 0.6 is 11.8 Å². The molecule has 88 valence electrons. The van der Waals surface area contributed by atoms with Gasteiger partial charge in [-0.3, -0.25) is 0 Å². The minimum Gasteiger partial charge on any atom is -0.316 e. The standard InChI is InChI=1S/C13H25NS/c1-13(2,3)15-10-9-14-11-12-7-5-4-6-8-12/h4-5,12,14H,6-11H2,1-3H3. The molecule has 1 nitrogen and oxygen atoms in total. The van der Waals surface area contributed by atoms with E-state index in [2.05, 4.69) is 38.2 Å². The molecule has 1 rings (SSSR count). The van der Waals surface area contributed by atoms with E-state index in [1.54, 1.807) is 0 Å². The molecule has 15 heavy (non-hydrogen) atoms. The highest BCUT2D eigenvalue weighted by Crippen LogP contribution is 2.22. The average Bonchev–Trinajstić information content (AvgIpc) is 2.17. The zero-order chi connectivity index (χ0) is 11.1. The van der Waals surface area contributed by atoms with Crippen LogP contribution in [-0.4, -0.2) is 23.6 Å². The van der Waals surface area contributed by atoms with Crippen molar-refractivity contribution >= 4 is 11.8 Å². The van der Waals surface area contributed by atoms with Crippen LogP contribution in [0.3, 0.4) is 0 Å². The molecule has 0 aromatic heterocycles. The van der Waals surface area contributed by atoms with Crippen LogP contribution in [0.4, 0.5) is 0 Å². The first-order valence-corrected chi connectivity index (χ1v) is 7.06. The van der Waals surface area contributed by atoms with E-state index in [4.69, 9.17) is 0 Å². The fourth-order valence-electron chi connectivity index (χ4n) is 1.78. The lowest BCUT2D eigenvalue weighted by Crippen LogP contribution is -2.26. The summed E-state index contributed by atoms with van der Waals surface area (Å²) in [5.41, 5.74) is 0. The highest BCUT2D eigenvalue weighted by Gasteiger charge is 2.11. The predicted molar refractivity (Wildman–Crippen MR) is 71.6 cm³/mol. The molecule has 2 heteroatoms. The third kappa shape index (κ3) is 7.02. The highest BCUT2D eigenvalue weighted by molar-refractivity contribution is 8.00. The summed E-state index contributed by atoms with van der Waals surface area (Å²) < 4.78 is 0.412. The molecule has 0 saturated heterocycles. The second kappa shape index (κ2) is 6.59. The van der Waals surface area contributed by atoms with Gasteiger partial charge in [0.15, 0.2) is 0 Å². The SMILES string of the molecule is CC(C)(C)SCCNCC1CC=CCC1. The van der Waals surface area contributed by atoms with Crippen LogP contribution in [0.5, 0.6) is 0 Å². The number of allylic oxidation sites excluding steroid dienone is 2. The van der Waals surface area contributed by atoms with Crippen molar-refractivity contribution in [3.05, 3.63) is 12.2 Å². The minimum atomic E-state index is 0.412. The quantitative estimate of drug-likeness (QED) is 0.570. The second-order valence-electron chi connectivity index (χ2n) is 5.32. The largest absolute Gasteiger partial charge is 0.316 e.